The Morgan fingerprint density at radius 3 is 2.68 bits per heavy atom. The monoisotopic (exact) mass is 339 g/mol. The lowest BCUT2D eigenvalue weighted by atomic mass is 10.1. The van der Waals surface area contributed by atoms with Crippen LogP contribution in [-0.4, -0.2) is 18.3 Å². The first-order valence-electron chi connectivity index (χ1n) is 5.82. The molecule has 0 radical (unpaired) electrons. The number of anilines is 1. The van der Waals surface area contributed by atoms with Crippen LogP contribution in [0.25, 0.3) is 0 Å². The van der Waals surface area contributed by atoms with Gasteiger partial charge in [-0.3, -0.25) is 4.79 Å². The summed E-state index contributed by atoms with van der Waals surface area (Å²) in [6.07, 6.45) is 0.979. The zero-order chi connectivity index (χ0) is 13.7. The van der Waals surface area contributed by atoms with E-state index in [1.54, 1.807) is 13.2 Å². The van der Waals surface area contributed by atoms with Crippen molar-refractivity contribution in [1.82, 2.24) is 0 Å². The minimum Gasteiger partial charge on any atom is -0.495 e. The summed E-state index contributed by atoms with van der Waals surface area (Å²) in [5.74, 6) is 0.471. The van der Waals surface area contributed by atoms with Gasteiger partial charge in [0.1, 0.15) is 10.6 Å². The Bertz CT molecular complexity index is 551. The van der Waals surface area contributed by atoms with Gasteiger partial charge in [-0.2, -0.15) is 0 Å². The number of hydrogen-bond donors (Lipinski definition) is 1. The van der Waals surface area contributed by atoms with Gasteiger partial charge in [0.15, 0.2) is 0 Å². The standard InChI is InChI=1S/C14H14BrNO2S/c1-18-12-7-9-19-13(12)14(17)16-11-4-2-10(3-5-11)6-8-15/h2-5,7,9H,6,8H2,1H3,(H,16,17). The van der Waals surface area contributed by atoms with Crippen LogP contribution in [0.5, 0.6) is 5.75 Å². The Kier molecular flexibility index (Phi) is 4.99. The highest BCUT2D eigenvalue weighted by molar-refractivity contribution is 9.09. The second kappa shape index (κ2) is 6.73. The van der Waals surface area contributed by atoms with Crippen LogP contribution in [0.4, 0.5) is 5.69 Å². The summed E-state index contributed by atoms with van der Waals surface area (Å²) in [4.78, 5) is 12.7. The van der Waals surface area contributed by atoms with Gasteiger partial charge in [-0.25, -0.2) is 0 Å². The molecule has 100 valence electrons. The molecular formula is C14H14BrNO2S. The van der Waals surface area contributed by atoms with E-state index in [0.717, 1.165) is 17.4 Å². The van der Waals surface area contributed by atoms with Crippen molar-refractivity contribution in [3.63, 3.8) is 0 Å². The predicted octanol–water partition coefficient (Wildman–Crippen LogP) is 3.95. The zero-order valence-electron chi connectivity index (χ0n) is 10.5. The molecule has 1 aromatic heterocycles. The SMILES string of the molecule is COc1ccsc1C(=O)Nc1ccc(CCBr)cc1. The summed E-state index contributed by atoms with van der Waals surface area (Å²) < 4.78 is 5.14. The number of aryl methyl sites for hydroxylation is 1. The van der Waals surface area contributed by atoms with Crippen molar-refractivity contribution >= 4 is 38.9 Å². The molecule has 5 heteroatoms. The lowest BCUT2D eigenvalue weighted by molar-refractivity contribution is 0.102. The quantitative estimate of drug-likeness (QED) is 0.837. The Labute approximate surface area is 124 Å². The number of carbonyl (C=O) groups is 1. The average molecular weight is 340 g/mol. The Hall–Kier alpha value is -1.33. The van der Waals surface area contributed by atoms with E-state index in [1.807, 2.05) is 29.6 Å². The van der Waals surface area contributed by atoms with Crippen LogP contribution in [0.1, 0.15) is 15.2 Å². The lowest BCUT2D eigenvalue weighted by Crippen LogP contribution is -2.11. The van der Waals surface area contributed by atoms with Crippen molar-refractivity contribution in [2.75, 3.05) is 17.8 Å². The molecule has 0 atom stereocenters. The molecule has 2 aromatic rings. The Morgan fingerprint density at radius 2 is 2.05 bits per heavy atom. The van der Waals surface area contributed by atoms with Gasteiger partial charge in [-0.1, -0.05) is 28.1 Å². The molecule has 0 bridgehead atoms. The molecule has 19 heavy (non-hydrogen) atoms. The van der Waals surface area contributed by atoms with Crippen LogP contribution in [0, 0.1) is 0 Å². The molecule has 1 amide bonds. The van der Waals surface area contributed by atoms with E-state index in [1.165, 1.54) is 16.9 Å². The fraction of sp³-hybridized carbons (Fsp3) is 0.214. The number of methoxy groups -OCH3 is 1. The van der Waals surface area contributed by atoms with Crippen molar-refractivity contribution in [2.24, 2.45) is 0 Å². The fourth-order valence-corrected chi connectivity index (χ4v) is 2.89. The predicted molar refractivity (Wildman–Crippen MR) is 82.8 cm³/mol. The van der Waals surface area contributed by atoms with Gasteiger partial charge in [0.2, 0.25) is 0 Å². The molecule has 0 spiro atoms. The van der Waals surface area contributed by atoms with E-state index in [4.69, 9.17) is 4.74 Å². The van der Waals surface area contributed by atoms with Crippen molar-refractivity contribution in [3.8, 4) is 5.75 Å². The fourth-order valence-electron chi connectivity index (χ4n) is 1.68. The number of rotatable bonds is 5. The Balaban J connectivity index is 2.06. The molecule has 0 unspecified atom stereocenters. The van der Waals surface area contributed by atoms with Gasteiger partial charge in [-0.15, -0.1) is 11.3 Å². The number of alkyl halides is 1. The van der Waals surface area contributed by atoms with Crippen LogP contribution in [-0.2, 0) is 6.42 Å². The minimum absolute atomic E-state index is 0.139. The highest BCUT2D eigenvalue weighted by atomic mass is 79.9. The van der Waals surface area contributed by atoms with Gasteiger partial charge in [0.05, 0.1) is 7.11 Å². The third kappa shape index (κ3) is 3.58. The largest absolute Gasteiger partial charge is 0.495 e. The van der Waals surface area contributed by atoms with Crippen molar-refractivity contribution in [1.29, 1.82) is 0 Å². The lowest BCUT2D eigenvalue weighted by Gasteiger charge is -2.06. The van der Waals surface area contributed by atoms with E-state index < -0.39 is 0 Å². The van der Waals surface area contributed by atoms with Gasteiger partial charge in [0.25, 0.3) is 5.91 Å². The third-order valence-corrected chi connectivity index (χ3v) is 3.94. The maximum atomic E-state index is 12.1. The van der Waals surface area contributed by atoms with Crippen molar-refractivity contribution in [3.05, 3.63) is 46.2 Å². The summed E-state index contributed by atoms with van der Waals surface area (Å²) in [7, 11) is 1.56. The van der Waals surface area contributed by atoms with E-state index in [0.29, 0.717) is 10.6 Å². The number of ether oxygens (including phenoxy) is 1. The summed E-state index contributed by atoms with van der Waals surface area (Å²) >= 11 is 4.77. The first-order chi connectivity index (χ1) is 9.24. The topological polar surface area (TPSA) is 38.3 Å². The second-order valence-electron chi connectivity index (χ2n) is 3.91. The number of hydrogen-bond acceptors (Lipinski definition) is 3. The number of halogens is 1. The number of thiophene rings is 1. The minimum atomic E-state index is -0.139. The third-order valence-electron chi connectivity index (χ3n) is 2.65. The Morgan fingerprint density at radius 1 is 1.32 bits per heavy atom. The second-order valence-corrected chi connectivity index (χ2v) is 5.62. The van der Waals surface area contributed by atoms with Crippen LogP contribution >= 0.6 is 27.3 Å². The number of carbonyl (C=O) groups excluding carboxylic acids is 1. The van der Waals surface area contributed by atoms with Gasteiger partial charge < -0.3 is 10.1 Å². The maximum Gasteiger partial charge on any atom is 0.269 e. The number of benzene rings is 1. The highest BCUT2D eigenvalue weighted by Gasteiger charge is 2.13. The molecule has 0 aliphatic heterocycles. The van der Waals surface area contributed by atoms with Gasteiger partial charge >= 0.3 is 0 Å². The molecule has 0 aliphatic carbocycles. The zero-order valence-corrected chi connectivity index (χ0v) is 12.9. The first-order valence-corrected chi connectivity index (χ1v) is 7.82. The van der Waals surface area contributed by atoms with Crippen molar-refractivity contribution in [2.45, 2.75) is 6.42 Å². The molecule has 1 heterocycles. The molecule has 3 nitrogen and oxygen atoms in total. The molecule has 2 rings (SSSR count). The van der Waals surface area contributed by atoms with E-state index in [2.05, 4.69) is 21.2 Å². The normalized spacial score (nSPS) is 10.2. The summed E-state index contributed by atoms with van der Waals surface area (Å²) in [6, 6.07) is 9.65. The van der Waals surface area contributed by atoms with E-state index in [9.17, 15) is 4.79 Å². The molecule has 0 aliphatic rings. The molecule has 1 N–H and O–H groups in total. The summed E-state index contributed by atoms with van der Waals surface area (Å²) in [6.45, 7) is 0. The van der Waals surface area contributed by atoms with E-state index in [-0.39, 0.29) is 5.91 Å². The molecule has 0 saturated carbocycles. The molecular weight excluding hydrogens is 326 g/mol. The summed E-state index contributed by atoms with van der Waals surface area (Å²) in [5, 5.41) is 5.64. The van der Waals surface area contributed by atoms with Gasteiger partial charge in [-0.05, 0) is 35.6 Å². The van der Waals surface area contributed by atoms with Crippen molar-refractivity contribution < 1.29 is 9.53 Å². The van der Waals surface area contributed by atoms with Crippen LogP contribution in [0.3, 0.4) is 0 Å². The first kappa shape index (κ1) is 14.1. The summed E-state index contributed by atoms with van der Waals surface area (Å²) in [5.41, 5.74) is 2.03. The van der Waals surface area contributed by atoms with E-state index >= 15 is 0 Å². The number of amides is 1. The average Bonchev–Trinajstić information content (AvgIpc) is 2.90. The van der Waals surface area contributed by atoms with Crippen LogP contribution < -0.4 is 10.1 Å². The molecule has 1 aromatic carbocycles. The van der Waals surface area contributed by atoms with Crippen LogP contribution in [0.15, 0.2) is 35.7 Å². The number of nitrogens with one attached hydrogen (secondary N) is 1. The smallest absolute Gasteiger partial charge is 0.269 e. The van der Waals surface area contributed by atoms with Gasteiger partial charge in [0, 0.05) is 11.0 Å². The maximum absolute atomic E-state index is 12.1. The van der Waals surface area contributed by atoms with Crippen LogP contribution in [0.2, 0.25) is 0 Å². The molecule has 0 saturated heterocycles. The highest BCUT2D eigenvalue weighted by Crippen LogP contribution is 2.25. The molecule has 0 fully saturated rings.